The van der Waals surface area contributed by atoms with Gasteiger partial charge in [0.15, 0.2) is 5.92 Å². The number of carbonyl (C=O) groups is 2. The van der Waals surface area contributed by atoms with Crippen molar-refractivity contribution < 1.29 is 9.59 Å². The van der Waals surface area contributed by atoms with Crippen LogP contribution >= 0.6 is 32.3 Å². The van der Waals surface area contributed by atoms with E-state index >= 15 is 0 Å². The fraction of sp³-hybridized carbons (Fsp3) is 0.263. The molecule has 4 nitrogen and oxygen atoms in total. The molecule has 2 amide bonds. The summed E-state index contributed by atoms with van der Waals surface area (Å²) in [5, 5.41) is 0.584. The summed E-state index contributed by atoms with van der Waals surface area (Å²) in [6.07, 6.45) is 0. The summed E-state index contributed by atoms with van der Waals surface area (Å²) in [5.41, 5.74) is 1.59. The third-order valence-corrected chi connectivity index (χ3v) is 8.76. The van der Waals surface area contributed by atoms with Crippen molar-refractivity contribution in [3.05, 3.63) is 44.6 Å². The first kappa shape index (κ1) is 19.0. The van der Waals surface area contributed by atoms with Crippen LogP contribution in [0.2, 0.25) is 5.02 Å². The van der Waals surface area contributed by atoms with Crippen LogP contribution in [0, 0.1) is 13.8 Å². The maximum Gasteiger partial charge on any atom is 0.249 e. The summed E-state index contributed by atoms with van der Waals surface area (Å²) in [4.78, 5) is 30.5. The van der Waals surface area contributed by atoms with Crippen LogP contribution in [0.3, 0.4) is 0 Å². The smallest absolute Gasteiger partial charge is 0.249 e. The van der Waals surface area contributed by atoms with Crippen molar-refractivity contribution in [1.82, 2.24) is 4.31 Å². The minimum absolute atomic E-state index is 0.255. The highest BCUT2D eigenvalue weighted by molar-refractivity contribution is 8.26. The van der Waals surface area contributed by atoms with E-state index in [0.29, 0.717) is 10.7 Å². The molecule has 1 atom stereocenters. The molecule has 0 aliphatic carbocycles. The Balaban J connectivity index is 2.08. The lowest BCUT2D eigenvalue weighted by Crippen LogP contribution is -2.42. The van der Waals surface area contributed by atoms with Gasteiger partial charge in [0.2, 0.25) is 11.8 Å². The van der Waals surface area contributed by atoms with Crippen molar-refractivity contribution >= 4 is 61.6 Å². The molecular weight excluding hydrogens is 388 g/mol. The number of anilines is 1. The quantitative estimate of drug-likeness (QED) is 0.552. The lowest BCUT2D eigenvalue weighted by molar-refractivity contribution is -0.133. The van der Waals surface area contributed by atoms with E-state index in [1.165, 1.54) is 16.2 Å². The van der Waals surface area contributed by atoms with Crippen molar-refractivity contribution in [2.75, 3.05) is 19.0 Å². The Morgan fingerprint density at radius 3 is 2.58 bits per heavy atom. The molecule has 7 heteroatoms. The fourth-order valence-corrected chi connectivity index (χ4v) is 6.43. The van der Waals surface area contributed by atoms with Crippen LogP contribution in [0.5, 0.6) is 0 Å². The van der Waals surface area contributed by atoms with Gasteiger partial charge in [0.1, 0.15) is 0 Å². The van der Waals surface area contributed by atoms with Crippen LogP contribution in [0.15, 0.2) is 29.2 Å². The molecule has 0 fully saturated rings. The average molecular weight is 409 g/mol. The number of likely N-dealkylation sites (N-methyl/N-ethyl adjacent to an activating group) is 2. The van der Waals surface area contributed by atoms with Crippen LogP contribution in [-0.4, -0.2) is 42.0 Å². The third-order valence-electron chi connectivity index (χ3n) is 4.72. The second-order valence-electron chi connectivity index (χ2n) is 6.53. The zero-order valence-electron chi connectivity index (χ0n) is 15.2. The van der Waals surface area contributed by atoms with Gasteiger partial charge < -0.3 is 4.90 Å². The van der Waals surface area contributed by atoms with Gasteiger partial charge in [-0.1, -0.05) is 29.4 Å². The molecule has 1 aromatic heterocycles. The van der Waals surface area contributed by atoms with Crippen molar-refractivity contribution in [2.24, 2.45) is 0 Å². The molecule has 1 aliphatic heterocycles. The van der Waals surface area contributed by atoms with E-state index in [1.54, 1.807) is 24.5 Å². The second kappa shape index (κ2) is 6.44. The predicted octanol–water partition coefficient (Wildman–Crippen LogP) is 4.18. The Morgan fingerprint density at radius 2 is 1.96 bits per heavy atom. The highest BCUT2D eigenvalue weighted by Crippen LogP contribution is 2.50. The fourth-order valence-electron chi connectivity index (χ4n) is 2.95. The molecule has 1 unspecified atom stereocenters. The van der Waals surface area contributed by atoms with Gasteiger partial charge in [-0.3, -0.25) is 13.9 Å². The van der Waals surface area contributed by atoms with Crippen LogP contribution in [0.25, 0.3) is 0 Å². The second-order valence-corrected chi connectivity index (χ2v) is 10.9. The maximum absolute atomic E-state index is 13.2. The third kappa shape index (κ3) is 2.86. The lowest BCUT2D eigenvalue weighted by Gasteiger charge is -2.36. The van der Waals surface area contributed by atoms with E-state index in [4.69, 9.17) is 11.6 Å². The van der Waals surface area contributed by atoms with Crippen LogP contribution in [-0.2, 0) is 9.59 Å². The molecule has 26 heavy (non-hydrogen) atoms. The molecule has 2 heterocycles. The number of hydrogen-bond acceptors (Lipinski definition) is 3. The lowest BCUT2D eigenvalue weighted by atomic mass is 10.0. The van der Waals surface area contributed by atoms with E-state index in [9.17, 15) is 9.59 Å². The van der Waals surface area contributed by atoms with E-state index in [1.807, 2.05) is 32.0 Å². The van der Waals surface area contributed by atoms with E-state index < -0.39 is 15.3 Å². The highest BCUT2D eigenvalue weighted by atomic mass is 35.5. The molecule has 1 aromatic carbocycles. The Hall–Kier alpha value is -1.76. The molecule has 3 rings (SSSR count). The van der Waals surface area contributed by atoms with Crippen molar-refractivity contribution in [3.8, 4) is 0 Å². The number of carbonyl (C=O) groups excluding carboxylic acids is 2. The van der Waals surface area contributed by atoms with Gasteiger partial charge in [0.25, 0.3) is 0 Å². The molecular formula is C19H21ClN2O2S2. The number of halogens is 1. The molecule has 0 N–H and O–H groups in total. The summed E-state index contributed by atoms with van der Waals surface area (Å²) in [6, 6.07) is 7.43. The van der Waals surface area contributed by atoms with Crippen LogP contribution in [0.1, 0.15) is 21.2 Å². The normalized spacial score (nSPS) is 18.6. The Morgan fingerprint density at radius 1 is 1.31 bits per heavy atom. The molecule has 2 aromatic rings. The highest BCUT2D eigenvalue weighted by Gasteiger charge is 2.42. The van der Waals surface area contributed by atoms with Gasteiger partial charge >= 0.3 is 0 Å². The first-order valence-corrected chi connectivity index (χ1v) is 11.1. The van der Waals surface area contributed by atoms with E-state index in [2.05, 4.69) is 11.7 Å². The Labute approximate surface area is 163 Å². The number of aryl methyl sites for hydroxylation is 2. The van der Waals surface area contributed by atoms with Gasteiger partial charge in [0.05, 0.1) is 0 Å². The molecule has 1 aliphatic rings. The summed E-state index contributed by atoms with van der Waals surface area (Å²) in [7, 11) is 1.43. The van der Waals surface area contributed by atoms with E-state index in [-0.39, 0.29) is 11.8 Å². The number of fused-ring (bicyclic) bond motifs is 1. The summed E-state index contributed by atoms with van der Waals surface area (Å²) < 4.78 is 1.54. The molecule has 0 saturated carbocycles. The standard InChI is InChI=1S/C19H21ClN2O2S2/c1-11-7-8-13(10-14(11)20)21(3)18(23)16-17-15(9-12(2)25-17)26(5,6)22(4)19(16)24/h7-10,16H,5-6H2,1-4H3. The van der Waals surface area contributed by atoms with Gasteiger partial charge in [-0.25, -0.2) is 0 Å². The number of rotatable bonds is 2. The molecule has 138 valence electrons. The number of thiophene rings is 1. The predicted molar refractivity (Wildman–Crippen MR) is 114 cm³/mol. The summed E-state index contributed by atoms with van der Waals surface area (Å²) >= 11 is 7.67. The van der Waals surface area contributed by atoms with Gasteiger partial charge in [-0.15, -0.1) is 20.7 Å². The number of hydrogen-bond donors (Lipinski definition) is 0. The zero-order valence-corrected chi connectivity index (χ0v) is 17.6. The van der Waals surface area contributed by atoms with Gasteiger partial charge in [-0.05, 0) is 37.6 Å². The van der Waals surface area contributed by atoms with Crippen molar-refractivity contribution in [2.45, 2.75) is 24.7 Å². The van der Waals surface area contributed by atoms with Crippen LogP contribution in [0.4, 0.5) is 5.69 Å². The SMILES string of the molecule is C=S1(=C)c2cc(C)sc2C(C(=O)N(C)c2ccc(C)c(Cl)c2)C(=O)N1C. The van der Waals surface area contributed by atoms with Gasteiger partial charge in [0, 0.05) is 39.5 Å². The molecule has 0 saturated heterocycles. The minimum atomic E-state index is -1.92. The molecule has 0 radical (unpaired) electrons. The number of nitrogens with zero attached hydrogens (tertiary/aromatic N) is 2. The average Bonchev–Trinajstić information content (AvgIpc) is 2.97. The topological polar surface area (TPSA) is 40.6 Å². The maximum atomic E-state index is 13.2. The Kier molecular flexibility index (Phi) is 4.71. The number of amides is 2. The molecule has 0 bridgehead atoms. The van der Waals surface area contributed by atoms with E-state index in [0.717, 1.165) is 20.2 Å². The summed E-state index contributed by atoms with van der Waals surface area (Å²) in [6.45, 7) is 3.87. The number of benzene rings is 1. The monoisotopic (exact) mass is 408 g/mol. The molecule has 0 spiro atoms. The first-order chi connectivity index (χ1) is 12.1. The Bertz CT molecular complexity index is 1020. The van der Waals surface area contributed by atoms with Crippen molar-refractivity contribution in [1.29, 1.82) is 0 Å². The minimum Gasteiger partial charge on any atom is -0.314 e. The largest absolute Gasteiger partial charge is 0.314 e. The first-order valence-electron chi connectivity index (χ1n) is 7.97. The zero-order chi connectivity index (χ0) is 19.4. The van der Waals surface area contributed by atoms with Gasteiger partial charge in [-0.2, -0.15) is 0 Å². The van der Waals surface area contributed by atoms with Crippen molar-refractivity contribution in [3.63, 3.8) is 0 Å². The van der Waals surface area contributed by atoms with Crippen LogP contribution < -0.4 is 4.90 Å². The summed E-state index contributed by atoms with van der Waals surface area (Å²) in [5.74, 6) is 6.95.